The van der Waals surface area contributed by atoms with Crippen LogP contribution in [-0.2, 0) is 28.6 Å². The number of rotatable bonds is 65. The van der Waals surface area contributed by atoms with E-state index < -0.39 is 6.10 Å². The summed E-state index contributed by atoms with van der Waals surface area (Å²) in [7, 11) is 0. The molecule has 1 unspecified atom stereocenters. The average Bonchev–Trinajstić information content (AvgIpc) is 3.46. The molecule has 0 saturated carbocycles. The number of esters is 3. The molecule has 0 aromatic heterocycles. The molecule has 0 aromatic carbocycles. The van der Waals surface area contributed by atoms with Gasteiger partial charge in [0, 0.05) is 19.3 Å². The van der Waals surface area contributed by atoms with Crippen LogP contribution in [0.15, 0.2) is 60.8 Å². The molecule has 6 heteroatoms. The predicted molar refractivity (Wildman–Crippen MR) is 348 cm³/mol. The summed E-state index contributed by atoms with van der Waals surface area (Å²) in [5.41, 5.74) is 0. The summed E-state index contributed by atoms with van der Waals surface area (Å²) in [6.07, 6.45) is 88.4. The number of hydrogen-bond donors (Lipinski definition) is 0. The summed E-state index contributed by atoms with van der Waals surface area (Å²) in [5, 5.41) is 0. The Bertz CT molecular complexity index is 1430. The van der Waals surface area contributed by atoms with Gasteiger partial charge in [-0.2, -0.15) is 0 Å². The zero-order valence-corrected chi connectivity index (χ0v) is 53.6. The molecule has 0 saturated heterocycles. The first kappa shape index (κ1) is 77.1. The third-order valence-corrected chi connectivity index (χ3v) is 15.7. The van der Waals surface area contributed by atoms with E-state index in [1.54, 1.807) is 0 Å². The lowest BCUT2D eigenvalue weighted by Gasteiger charge is -2.18. The van der Waals surface area contributed by atoms with Gasteiger partial charge in [-0.15, -0.1) is 0 Å². The minimum absolute atomic E-state index is 0.0707. The van der Waals surface area contributed by atoms with Crippen LogP contribution in [0.4, 0.5) is 0 Å². The zero-order valence-electron chi connectivity index (χ0n) is 53.6. The molecule has 0 aliphatic carbocycles. The van der Waals surface area contributed by atoms with E-state index in [0.29, 0.717) is 19.3 Å². The molecule has 0 spiro atoms. The molecule has 466 valence electrons. The van der Waals surface area contributed by atoms with Crippen molar-refractivity contribution in [2.75, 3.05) is 13.2 Å². The SMILES string of the molecule is CCCCCCC/C=C\C/C=C\C/C=C\CCCCCCCCCCCCCCC(=O)OCC(COC(=O)CCCCCCCCCC)OC(=O)CCCCCCCCCCCCCCCCC/C=C\C/C=C\CCCCCCC. The van der Waals surface area contributed by atoms with Gasteiger partial charge in [0.05, 0.1) is 0 Å². The second-order valence-electron chi connectivity index (χ2n) is 23.8. The molecule has 80 heavy (non-hydrogen) atoms. The Hall–Kier alpha value is -2.89. The molecule has 0 amide bonds. The molecule has 0 N–H and O–H groups in total. The summed E-state index contributed by atoms with van der Waals surface area (Å²) >= 11 is 0. The van der Waals surface area contributed by atoms with Crippen molar-refractivity contribution in [1.82, 2.24) is 0 Å². The van der Waals surface area contributed by atoms with Crippen LogP contribution in [0, 0.1) is 0 Å². The van der Waals surface area contributed by atoms with Crippen LogP contribution >= 0.6 is 0 Å². The fourth-order valence-electron chi connectivity index (χ4n) is 10.4. The van der Waals surface area contributed by atoms with E-state index in [9.17, 15) is 14.4 Å². The Morgan fingerprint density at radius 1 is 0.250 bits per heavy atom. The van der Waals surface area contributed by atoms with Gasteiger partial charge in [-0.25, -0.2) is 0 Å². The number of hydrogen-bond acceptors (Lipinski definition) is 6. The Kier molecular flexibility index (Phi) is 66.1. The average molecular weight is 1120 g/mol. The second-order valence-corrected chi connectivity index (χ2v) is 23.8. The second kappa shape index (κ2) is 68.6. The predicted octanol–water partition coefficient (Wildman–Crippen LogP) is 24.3. The maximum absolute atomic E-state index is 12.9. The van der Waals surface area contributed by atoms with Crippen molar-refractivity contribution in [2.24, 2.45) is 0 Å². The van der Waals surface area contributed by atoms with E-state index in [0.717, 1.165) is 77.0 Å². The van der Waals surface area contributed by atoms with E-state index in [1.807, 2.05) is 0 Å². The molecule has 0 aromatic rings. The van der Waals surface area contributed by atoms with Crippen molar-refractivity contribution in [3.05, 3.63) is 60.8 Å². The van der Waals surface area contributed by atoms with Gasteiger partial charge >= 0.3 is 17.9 Å². The van der Waals surface area contributed by atoms with Crippen LogP contribution in [0.1, 0.15) is 374 Å². The van der Waals surface area contributed by atoms with Gasteiger partial charge in [0.1, 0.15) is 13.2 Å². The Morgan fingerprint density at radius 2 is 0.450 bits per heavy atom. The summed E-state index contributed by atoms with van der Waals surface area (Å²) in [6.45, 7) is 6.64. The van der Waals surface area contributed by atoms with Crippen LogP contribution < -0.4 is 0 Å². The van der Waals surface area contributed by atoms with Gasteiger partial charge in [-0.1, -0.05) is 326 Å². The van der Waals surface area contributed by atoms with E-state index in [1.165, 1.54) is 257 Å². The topological polar surface area (TPSA) is 78.9 Å². The van der Waals surface area contributed by atoms with Crippen LogP contribution in [-0.4, -0.2) is 37.2 Å². The van der Waals surface area contributed by atoms with Gasteiger partial charge in [-0.3, -0.25) is 14.4 Å². The van der Waals surface area contributed by atoms with Crippen molar-refractivity contribution in [3.8, 4) is 0 Å². The molecule has 0 bridgehead atoms. The summed E-state index contributed by atoms with van der Waals surface area (Å²) in [6, 6.07) is 0. The fraction of sp³-hybridized carbons (Fsp3) is 0.824. The normalized spacial score (nSPS) is 12.4. The minimum atomic E-state index is -0.772. The highest BCUT2D eigenvalue weighted by Gasteiger charge is 2.19. The van der Waals surface area contributed by atoms with E-state index >= 15 is 0 Å². The van der Waals surface area contributed by atoms with Crippen molar-refractivity contribution < 1.29 is 28.6 Å². The van der Waals surface area contributed by atoms with Crippen LogP contribution in [0.25, 0.3) is 0 Å². The Balaban J connectivity index is 4.10. The van der Waals surface area contributed by atoms with Gasteiger partial charge < -0.3 is 14.2 Å². The van der Waals surface area contributed by atoms with Gasteiger partial charge in [-0.05, 0) is 89.9 Å². The highest BCUT2D eigenvalue weighted by Crippen LogP contribution is 2.18. The highest BCUT2D eigenvalue weighted by atomic mass is 16.6. The first-order chi connectivity index (χ1) is 39.5. The lowest BCUT2D eigenvalue weighted by molar-refractivity contribution is -0.167. The van der Waals surface area contributed by atoms with E-state index in [-0.39, 0.29) is 31.1 Å². The number of unbranched alkanes of at least 4 members (excludes halogenated alkanes) is 44. The zero-order chi connectivity index (χ0) is 57.8. The highest BCUT2D eigenvalue weighted by molar-refractivity contribution is 5.71. The molecule has 0 rings (SSSR count). The van der Waals surface area contributed by atoms with E-state index in [4.69, 9.17) is 14.2 Å². The molecule has 0 aliphatic rings. The lowest BCUT2D eigenvalue weighted by Crippen LogP contribution is -2.30. The fourth-order valence-corrected chi connectivity index (χ4v) is 10.4. The number of allylic oxidation sites excluding steroid dienone is 10. The number of carbonyl (C=O) groups is 3. The van der Waals surface area contributed by atoms with Crippen molar-refractivity contribution >= 4 is 17.9 Å². The molecule has 0 radical (unpaired) electrons. The molecule has 0 aliphatic heterocycles. The molecular weight excluding hydrogens is 985 g/mol. The largest absolute Gasteiger partial charge is 0.462 e. The van der Waals surface area contributed by atoms with Gasteiger partial charge in [0.2, 0.25) is 0 Å². The van der Waals surface area contributed by atoms with Crippen molar-refractivity contribution in [1.29, 1.82) is 0 Å². The molecule has 6 nitrogen and oxygen atoms in total. The molecule has 1 atom stereocenters. The lowest BCUT2D eigenvalue weighted by atomic mass is 10.0. The standard InChI is InChI=1S/C74H134O6/c1-4-7-10-13-16-19-21-23-25-27-29-31-33-35-37-39-41-43-45-47-49-51-53-55-58-61-64-67-73(76)79-70-71(69-78-72(75)66-63-60-57-18-15-12-9-6-3)80-74(77)68-65-62-59-56-54-52-50-48-46-44-42-40-38-36-34-32-30-28-26-24-22-20-17-14-11-8-5-2/h21-24,27-30,33,35,71H,4-20,25-26,31-32,34,36-70H2,1-3H3/b23-21-,24-22-,29-27-,30-28-,35-33-. The summed E-state index contributed by atoms with van der Waals surface area (Å²) < 4.78 is 16.9. The monoisotopic (exact) mass is 1120 g/mol. The number of ether oxygens (including phenoxy) is 3. The Morgan fingerprint density at radius 3 is 0.700 bits per heavy atom. The maximum Gasteiger partial charge on any atom is 0.306 e. The summed E-state index contributed by atoms with van der Waals surface area (Å²) in [4.78, 5) is 38.2. The third kappa shape index (κ3) is 65.9. The van der Waals surface area contributed by atoms with Crippen LogP contribution in [0.5, 0.6) is 0 Å². The number of carbonyl (C=O) groups excluding carboxylic acids is 3. The maximum atomic E-state index is 12.9. The van der Waals surface area contributed by atoms with Crippen molar-refractivity contribution in [2.45, 2.75) is 380 Å². The Labute approximate surface area is 498 Å². The molecule has 0 heterocycles. The van der Waals surface area contributed by atoms with Crippen molar-refractivity contribution in [3.63, 3.8) is 0 Å². The van der Waals surface area contributed by atoms with Gasteiger partial charge in [0.15, 0.2) is 6.10 Å². The molecule has 0 fully saturated rings. The summed E-state index contributed by atoms with van der Waals surface area (Å²) in [5.74, 6) is -0.856. The first-order valence-electron chi connectivity index (χ1n) is 35.3. The van der Waals surface area contributed by atoms with Gasteiger partial charge in [0.25, 0.3) is 0 Å². The van der Waals surface area contributed by atoms with E-state index in [2.05, 4.69) is 81.5 Å². The smallest absolute Gasteiger partial charge is 0.306 e. The first-order valence-corrected chi connectivity index (χ1v) is 35.3. The third-order valence-electron chi connectivity index (χ3n) is 15.7. The van der Waals surface area contributed by atoms with Crippen LogP contribution in [0.3, 0.4) is 0 Å². The minimum Gasteiger partial charge on any atom is -0.462 e. The van der Waals surface area contributed by atoms with Crippen LogP contribution in [0.2, 0.25) is 0 Å². The quantitative estimate of drug-likeness (QED) is 0.0261. The molecular formula is C74H134O6.